The van der Waals surface area contributed by atoms with E-state index in [0.29, 0.717) is 22.9 Å². The van der Waals surface area contributed by atoms with Crippen molar-refractivity contribution in [1.82, 2.24) is 0 Å². The molecule has 2 N–H and O–H groups in total. The van der Waals surface area contributed by atoms with Gasteiger partial charge in [0, 0.05) is 11.4 Å². The Bertz CT molecular complexity index is 636. The van der Waals surface area contributed by atoms with Gasteiger partial charge in [-0.05, 0) is 48.2 Å². The molecule has 0 aliphatic carbocycles. The molecule has 2 rings (SSSR count). The molecule has 0 radical (unpaired) electrons. The molecule has 2 amide bonds. The van der Waals surface area contributed by atoms with Crippen LogP contribution in [0.25, 0.3) is 0 Å². The zero-order valence-electron chi connectivity index (χ0n) is 12.4. The number of nitrogens with one attached hydrogen (secondary N) is 2. The fourth-order valence-electron chi connectivity index (χ4n) is 1.92. The first kappa shape index (κ1) is 15.0. The van der Waals surface area contributed by atoms with Gasteiger partial charge in [0.05, 0.1) is 0 Å². The highest BCUT2D eigenvalue weighted by Crippen LogP contribution is 2.18. The van der Waals surface area contributed by atoms with Gasteiger partial charge in [0.2, 0.25) is 0 Å². The van der Waals surface area contributed by atoms with E-state index in [1.807, 2.05) is 24.3 Å². The van der Waals surface area contributed by atoms with Crippen molar-refractivity contribution in [1.29, 1.82) is 0 Å². The Labute approximate surface area is 124 Å². The second-order valence-electron chi connectivity index (χ2n) is 5.32. The number of hydrogen-bond acceptors (Lipinski definition) is 1. The maximum atomic E-state index is 13.4. The number of rotatable bonds is 3. The highest BCUT2D eigenvalue weighted by atomic mass is 19.1. The molecule has 0 bridgehead atoms. The van der Waals surface area contributed by atoms with Crippen molar-refractivity contribution in [3.63, 3.8) is 0 Å². The molecule has 2 aromatic rings. The fraction of sp³-hybridized carbons (Fsp3) is 0.235. The van der Waals surface area contributed by atoms with Crippen LogP contribution in [-0.2, 0) is 0 Å². The number of carbonyl (C=O) groups is 1. The number of anilines is 2. The van der Waals surface area contributed by atoms with Crippen LogP contribution in [-0.4, -0.2) is 6.03 Å². The summed E-state index contributed by atoms with van der Waals surface area (Å²) in [4.78, 5) is 11.9. The largest absolute Gasteiger partial charge is 0.323 e. The van der Waals surface area contributed by atoms with E-state index in [1.54, 1.807) is 19.1 Å². The highest BCUT2D eigenvalue weighted by Gasteiger charge is 2.05. The van der Waals surface area contributed by atoms with Crippen LogP contribution in [0.1, 0.15) is 30.9 Å². The molecular weight excluding hydrogens is 267 g/mol. The summed E-state index contributed by atoms with van der Waals surface area (Å²) in [6.07, 6.45) is 0. The summed E-state index contributed by atoms with van der Waals surface area (Å²) in [6, 6.07) is 11.9. The summed E-state index contributed by atoms with van der Waals surface area (Å²) in [7, 11) is 0. The van der Waals surface area contributed by atoms with Crippen LogP contribution in [0, 0.1) is 12.7 Å². The molecule has 4 heteroatoms. The Balaban J connectivity index is 1.99. The Morgan fingerprint density at radius 3 is 2.14 bits per heavy atom. The van der Waals surface area contributed by atoms with Crippen LogP contribution in [0.5, 0.6) is 0 Å². The summed E-state index contributed by atoms with van der Waals surface area (Å²) in [5.74, 6) is 0.109. The first-order chi connectivity index (χ1) is 9.95. The lowest BCUT2D eigenvalue weighted by Crippen LogP contribution is -2.19. The molecule has 0 heterocycles. The van der Waals surface area contributed by atoms with Crippen molar-refractivity contribution in [3.05, 3.63) is 59.4 Å². The molecule has 21 heavy (non-hydrogen) atoms. The van der Waals surface area contributed by atoms with E-state index in [0.717, 1.165) is 0 Å². The van der Waals surface area contributed by atoms with Gasteiger partial charge in [-0.15, -0.1) is 0 Å². The number of aryl methyl sites for hydroxylation is 1. The van der Waals surface area contributed by atoms with Crippen LogP contribution in [0.2, 0.25) is 0 Å². The number of urea groups is 1. The van der Waals surface area contributed by atoms with E-state index < -0.39 is 6.03 Å². The summed E-state index contributed by atoms with van der Waals surface area (Å²) in [5.41, 5.74) is 2.88. The molecule has 3 nitrogen and oxygen atoms in total. The lowest BCUT2D eigenvalue weighted by molar-refractivity contribution is 0.262. The minimum absolute atomic E-state index is 0.339. The van der Waals surface area contributed by atoms with Crippen molar-refractivity contribution < 1.29 is 9.18 Å². The molecule has 0 unspecified atom stereocenters. The standard InChI is InChI=1S/C17H19FN2O/c1-11(2)13-5-8-14(9-6-13)19-17(21)20-15-7-4-12(3)16(18)10-15/h4-11H,1-3H3,(H2,19,20,21). The zero-order valence-corrected chi connectivity index (χ0v) is 12.4. The number of amides is 2. The molecule has 0 fully saturated rings. The van der Waals surface area contributed by atoms with Crippen molar-refractivity contribution in [2.24, 2.45) is 0 Å². The normalized spacial score (nSPS) is 10.5. The third-order valence-electron chi connectivity index (χ3n) is 3.26. The zero-order chi connectivity index (χ0) is 15.4. The summed E-state index contributed by atoms with van der Waals surface area (Å²) in [5, 5.41) is 5.32. The predicted octanol–water partition coefficient (Wildman–Crippen LogP) is 4.90. The Morgan fingerprint density at radius 2 is 1.57 bits per heavy atom. The summed E-state index contributed by atoms with van der Waals surface area (Å²) in [6.45, 7) is 5.90. The van der Waals surface area contributed by atoms with Crippen molar-refractivity contribution >= 4 is 17.4 Å². The van der Waals surface area contributed by atoms with E-state index in [1.165, 1.54) is 11.6 Å². The third-order valence-corrected chi connectivity index (χ3v) is 3.26. The van der Waals surface area contributed by atoms with Crippen LogP contribution in [0.3, 0.4) is 0 Å². The van der Waals surface area contributed by atoms with Gasteiger partial charge in [-0.1, -0.05) is 32.0 Å². The molecule has 0 aromatic heterocycles. The molecule has 0 saturated carbocycles. The minimum atomic E-state index is -0.393. The Hall–Kier alpha value is -2.36. The van der Waals surface area contributed by atoms with E-state index in [9.17, 15) is 9.18 Å². The van der Waals surface area contributed by atoms with Gasteiger partial charge in [-0.25, -0.2) is 9.18 Å². The van der Waals surface area contributed by atoms with Gasteiger partial charge in [0.15, 0.2) is 0 Å². The lowest BCUT2D eigenvalue weighted by Gasteiger charge is -2.10. The molecule has 0 saturated heterocycles. The molecule has 110 valence electrons. The lowest BCUT2D eigenvalue weighted by atomic mass is 10.0. The first-order valence-electron chi connectivity index (χ1n) is 6.90. The van der Waals surface area contributed by atoms with Crippen LogP contribution < -0.4 is 10.6 Å². The number of halogens is 1. The van der Waals surface area contributed by atoms with Gasteiger partial charge >= 0.3 is 6.03 Å². The van der Waals surface area contributed by atoms with Crippen LogP contribution in [0.15, 0.2) is 42.5 Å². The van der Waals surface area contributed by atoms with Gasteiger partial charge in [-0.3, -0.25) is 0 Å². The van der Waals surface area contributed by atoms with Crippen molar-refractivity contribution in [2.75, 3.05) is 10.6 Å². The van der Waals surface area contributed by atoms with Crippen molar-refractivity contribution in [2.45, 2.75) is 26.7 Å². The van der Waals surface area contributed by atoms with E-state index >= 15 is 0 Å². The second kappa shape index (κ2) is 6.39. The fourth-order valence-corrected chi connectivity index (χ4v) is 1.92. The first-order valence-corrected chi connectivity index (χ1v) is 6.90. The van der Waals surface area contributed by atoms with E-state index in [2.05, 4.69) is 24.5 Å². The summed E-state index contributed by atoms with van der Waals surface area (Å²) >= 11 is 0. The van der Waals surface area contributed by atoms with Gasteiger partial charge in [-0.2, -0.15) is 0 Å². The minimum Gasteiger partial charge on any atom is -0.308 e. The van der Waals surface area contributed by atoms with Gasteiger partial charge < -0.3 is 10.6 Å². The Kier molecular flexibility index (Phi) is 4.58. The monoisotopic (exact) mass is 286 g/mol. The average Bonchev–Trinajstić information content (AvgIpc) is 2.43. The smallest absolute Gasteiger partial charge is 0.308 e. The van der Waals surface area contributed by atoms with E-state index in [-0.39, 0.29) is 5.82 Å². The second-order valence-corrected chi connectivity index (χ2v) is 5.32. The van der Waals surface area contributed by atoms with Gasteiger partial charge in [0.1, 0.15) is 5.82 Å². The predicted molar refractivity (Wildman–Crippen MR) is 84.3 cm³/mol. The Morgan fingerprint density at radius 1 is 1.00 bits per heavy atom. The van der Waals surface area contributed by atoms with Gasteiger partial charge in [0.25, 0.3) is 0 Å². The molecule has 0 aliphatic rings. The third kappa shape index (κ3) is 4.05. The number of benzene rings is 2. The quantitative estimate of drug-likeness (QED) is 0.827. The molecule has 0 spiro atoms. The molecule has 0 atom stereocenters. The highest BCUT2D eigenvalue weighted by molar-refractivity contribution is 5.99. The summed E-state index contributed by atoms with van der Waals surface area (Å²) < 4.78 is 13.4. The van der Waals surface area contributed by atoms with Crippen molar-refractivity contribution in [3.8, 4) is 0 Å². The average molecular weight is 286 g/mol. The maximum Gasteiger partial charge on any atom is 0.323 e. The molecule has 0 aliphatic heterocycles. The topological polar surface area (TPSA) is 41.1 Å². The SMILES string of the molecule is Cc1ccc(NC(=O)Nc2ccc(C(C)C)cc2)cc1F. The number of hydrogen-bond donors (Lipinski definition) is 2. The van der Waals surface area contributed by atoms with Crippen LogP contribution >= 0.6 is 0 Å². The molecule has 2 aromatic carbocycles. The van der Waals surface area contributed by atoms with Crippen LogP contribution in [0.4, 0.5) is 20.6 Å². The van der Waals surface area contributed by atoms with E-state index in [4.69, 9.17) is 0 Å². The molecular formula is C17H19FN2O. The number of carbonyl (C=O) groups excluding carboxylic acids is 1. The maximum absolute atomic E-state index is 13.4.